The van der Waals surface area contributed by atoms with E-state index in [2.05, 4.69) is 26.6 Å². The van der Waals surface area contributed by atoms with Gasteiger partial charge in [-0.15, -0.1) is 0 Å². The maximum absolute atomic E-state index is 11.9. The van der Waals surface area contributed by atoms with E-state index in [1.165, 1.54) is 0 Å². The second-order valence-corrected chi connectivity index (χ2v) is 5.80. The summed E-state index contributed by atoms with van der Waals surface area (Å²) in [6, 6.07) is 7.37. The molecule has 3 amide bonds. The zero-order chi connectivity index (χ0) is 14.5. The van der Waals surface area contributed by atoms with Gasteiger partial charge < -0.3 is 15.5 Å². The van der Waals surface area contributed by atoms with E-state index < -0.39 is 0 Å². The van der Waals surface area contributed by atoms with E-state index in [0.29, 0.717) is 13.1 Å². The standard InChI is InChI=1S/C14H18BrN3O2/c1-10(19)18-7-5-12(6-8-18)16-14(20)17-13-4-2-3-11(15)9-13/h2-4,9,12H,5-8H2,1H3,(H2,16,17,20). The lowest BCUT2D eigenvalue weighted by Gasteiger charge is -2.31. The van der Waals surface area contributed by atoms with E-state index in [1.807, 2.05) is 29.2 Å². The van der Waals surface area contributed by atoms with Crippen molar-refractivity contribution in [2.75, 3.05) is 18.4 Å². The molecular formula is C14H18BrN3O2. The molecule has 2 N–H and O–H groups in total. The second-order valence-electron chi connectivity index (χ2n) is 4.89. The molecule has 0 spiro atoms. The van der Waals surface area contributed by atoms with Gasteiger partial charge in [0.15, 0.2) is 0 Å². The van der Waals surface area contributed by atoms with Crippen molar-refractivity contribution in [1.82, 2.24) is 10.2 Å². The minimum atomic E-state index is -0.204. The van der Waals surface area contributed by atoms with Crippen molar-refractivity contribution in [2.24, 2.45) is 0 Å². The Balaban J connectivity index is 1.80. The largest absolute Gasteiger partial charge is 0.343 e. The van der Waals surface area contributed by atoms with Gasteiger partial charge in [0.25, 0.3) is 0 Å². The molecule has 1 saturated heterocycles. The first kappa shape index (κ1) is 14.8. The van der Waals surface area contributed by atoms with E-state index >= 15 is 0 Å². The molecule has 2 rings (SSSR count). The smallest absolute Gasteiger partial charge is 0.319 e. The van der Waals surface area contributed by atoms with Crippen LogP contribution in [0.3, 0.4) is 0 Å². The Labute approximate surface area is 126 Å². The van der Waals surface area contributed by atoms with E-state index in [0.717, 1.165) is 23.0 Å². The van der Waals surface area contributed by atoms with Gasteiger partial charge in [-0.1, -0.05) is 22.0 Å². The molecule has 1 aromatic rings. The van der Waals surface area contributed by atoms with E-state index in [-0.39, 0.29) is 18.0 Å². The maximum atomic E-state index is 11.9. The van der Waals surface area contributed by atoms with Crippen molar-refractivity contribution in [3.8, 4) is 0 Å². The molecule has 1 fully saturated rings. The lowest BCUT2D eigenvalue weighted by molar-refractivity contribution is -0.129. The van der Waals surface area contributed by atoms with Gasteiger partial charge in [0.05, 0.1) is 0 Å². The predicted octanol–water partition coefficient (Wildman–Crippen LogP) is 2.58. The minimum Gasteiger partial charge on any atom is -0.343 e. The number of nitrogens with one attached hydrogen (secondary N) is 2. The highest BCUT2D eigenvalue weighted by molar-refractivity contribution is 9.10. The van der Waals surface area contributed by atoms with Crippen LogP contribution in [-0.2, 0) is 4.79 Å². The van der Waals surface area contributed by atoms with Gasteiger partial charge in [-0.25, -0.2) is 4.79 Å². The topological polar surface area (TPSA) is 61.4 Å². The van der Waals surface area contributed by atoms with Crippen LogP contribution in [0.15, 0.2) is 28.7 Å². The summed E-state index contributed by atoms with van der Waals surface area (Å²) in [5.74, 6) is 0.0991. The molecular weight excluding hydrogens is 322 g/mol. The van der Waals surface area contributed by atoms with Gasteiger partial charge in [0, 0.05) is 36.2 Å². The highest BCUT2D eigenvalue weighted by Gasteiger charge is 2.21. The van der Waals surface area contributed by atoms with Crippen LogP contribution in [0.2, 0.25) is 0 Å². The number of piperidine rings is 1. The highest BCUT2D eigenvalue weighted by Crippen LogP contribution is 2.16. The summed E-state index contributed by atoms with van der Waals surface area (Å²) in [6.07, 6.45) is 1.59. The number of carbonyl (C=O) groups excluding carboxylic acids is 2. The molecule has 0 aromatic heterocycles. The quantitative estimate of drug-likeness (QED) is 0.869. The molecule has 108 valence electrons. The summed E-state index contributed by atoms with van der Waals surface area (Å²) in [5.41, 5.74) is 0.748. The molecule has 0 aliphatic carbocycles. The first-order valence-corrected chi connectivity index (χ1v) is 7.42. The molecule has 0 radical (unpaired) electrons. The average molecular weight is 340 g/mol. The van der Waals surface area contributed by atoms with Crippen molar-refractivity contribution in [1.29, 1.82) is 0 Å². The van der Waals surface area contributed by atoms with Gasteiger partial charge in [0.1, 0.15) is 0 Å². The van der Waals surface area contributed by atoms with Crippen LogP contribution >= 0.6 is 15.9 Å². The number of benzene rings is 1. The Morgan fingerprint density at radius 2 is 2.00 bits per heavy atom. The van der Waals surface area contributed by atoms with Gasteiger partial charge in [-0.05, 0) is 31.0 Å². The van der Waals surface area contributed by atoms with Gasteiger partial charge >= 0.3 is 6.03 Å². The van der Waals surface area contributed by atoms with Gasteiger partial charge in [0.2, 0.25) is 5.91 Å². The third-order valence-electron chi connectivity index (χ3n) is 3.36. The Morgan fingerprint density at radius 1 is 1.30 bits per heavy atom. The van der Waals surface area contributed by atoms with Crippen molar-refractivity contribution in [3.63, 3.8) is 0 Å². The lowest BCUT2D eigenvalue weighted by Crippen LogP contribution is -2.47. The number of hydrogen-bond acceptors (Lipinski definition) is 2. The fourth-order valence-electron chi connectivity index (χ4n) is 2.26. The number of carbonyl (C=O) groups is 2. The predicted molar refractivity (Wildman–Crippen MR) is 81.6 cm³/mol. The number of halogens is 1. The number of urea groups is 1. The van der Waals surface area contributed by atoms with E-state index in [1.54, 1.807) is 6.92 Å². The lowest BCUT2D eigenvalue weighted by atomic mass is 10.1. The molecule has 5 nitrogen and oxygen atoms in total. The summed E-state index contributed by atoms with van der Waals surface area (Å²) in [6.45, 7) is 2.99. The molecule has 0 atom stereocenters. The van der Waals surface area contributed by atoms with Crippen LogP contribution < -0.4 is 10.6 Å². The molecule has 0 unspecified atom stereocenters. The number of amides is 3. The normalized spacial score (nSPS) is 15.8. The molecule has 1 heterocycles. The first-order chi connectivity index (χ1) is 9.54. The molecule has 1 aliphatic rings. The fraction of sp³-hybridized carbons (Fsp3) is 0.429. The number of anilines is 1. The van der Waals surface area contributed by atoms with Crippen LogP contribution in [0, 0.1) is 0 Å². The Morgan fingerprint density at radius 3 is 2.60 bits per heavy atom. The van der Waals surface area contributed by atoms with Crippen molar-refractivity contribution >= 4 is 33.6 Å². The summed E-state index contributed by atoms with van der Waals surface area (Å²) >= 11 is 3.36. The van der Waals surface area contributed by atoms with E-state index in [4.69, 9.17) is 0 Å². The summed E-state index contributed by atoms with van der Waals surface area (Å²) in [4.78, 5) is 24.9. The zero-order valence-corrected chi connectivity index (χ0v) is 12.9. The monoisotopic (exact) mass is 339 g/mol. The van der Waals surface area contributed by atoms with Crippen LogP contribution in [0.25, 0.3) is 0 Å². The summed E-state index contributed by atoms with van der Waals surface area (Å²) in [7, 11) is 0. The molecule has 1 aromatic carbocycles. The third kappa shape index (κ3) is 4.23. The number of hydrogen-bond donors (Lipinski definition) is 2. The van der Waals surface area contributed by atoms with Crippen LogP contribution in [0.1, 0.15) is 19.8 Å². The van der Waals surface area contributed by atoms with Crippen molar-refractivity contribution in [2.45, 2.75) is 25.8 Å². The molecule has 0 saturated carbocycles. The number of likely N-dealkylation sites (tertiary alicyclic amines) is 1. The molecule has 0 bridgehead atoms. The Kier molecular flexibility index (Phi) is 5.00. The zero-order valence-electron chi connectivity index (χ0n) is 11.4. The van der Waals surface area contributed by atoms with E-state index in [9.17, 15) is 9.59 Å². The SMILES string of the molecule is CC(=O)N1CCC(NC(=O)Nc2cccc(Br)c2)CC1. The van der Waals surface area contributed by atoms with Gasteiger partial charge in [-0.3, -0.25) is 4.79 Å². The summed E-state index contributed by atoms with van der Waals surface area (Å²) in [5, 5.41) is 5.75. The van der Waals surface area contributed by atoms with Gasteiger partial charge in [-0.2, -0.15) is 0 Å². The van der Waals surface area contributed by atoms with Crippen LogP contribution in [0.5, 0.6) is 0 Å². The third-order valence-corrected chi connectivity index (χ3v) is 3.85. The van der Waals surface area contributed by atoms with Crippen LogP contribution in [-0.4, -0.2) is 36.0 Å². The number of nitrogens with zero attached hydrogens (tertiary/aromatic N) is 1. The number of rotatable bonds is 2. The molecule has 20 heavy (non-hydrogen) atoms. The molecule has 1 aliphatic heterocycles. The maximum Gasteiger partial charge on any atom is 0.319 e. The van der Waals surface area contributed by atoms with Crippen molar-refractivity contribution in [3.05, 3.63) is 28.7 Å². The second kappa shape index (κ2) is 6.74. The summed E-state index contributed by atoms with van der Waals surface area (Å²) < 4.78 is 0.921. The Bertz CT molecular complexity index is 499. The highest BCUT2D eigenvalue weighted by atomic mass is 79.9. The van der Waals surface area contributed by atoms with Crippen molar-refractivity contribution < 1.29 is 9.59 Å². The average Bonchev–Trinajstić information content (AvgIpc) is 2.39. The fourth-order valence-corrected chi connectivity index (χ4v) is 2.66. The molecule has 6 heteroatoms. The Hall–Kier alpha value is -1.56. The van der Waals surface area contributed by atoms with Crippen LogP contribution in [0.4, 0.5) is 10.5 Å². The first-order valence-electron chi connectivity index (χ1n) is 6.63. The minimum absolute atomic E-state index is 0.0991.